The van der Waals surface area contributed by atoms with Gasteiger partial charge in [0.2, 0.25) is 0 Å². The van der Waals surface area contributed by atoms with Gasteiger partial charge in [0.25, 0.3) is 0 Å². The van der Waals surface area contributed by atoms with Gasteiger partial charge in [0.05, 0.1) is 11.6 Å². The summed E-state index contributed by atoms with van der Waals surface area (Å²) in [5, 5.41) is 12.0. The maximum absolute atomic E-state index is 13.4. The Hall–Kier alpha value is -2.38. The molecule has 0 saturated carbocycles. The SMILES string of the molecule is CCOC(Nc1cc(F)cc(C#N)c1)c1ccccc1. The molecule has 0 aromatic heterocycles. The van der Waals surface area contributed by atoms with Crippen LogP contribution in [0.15, 0.2) is 48.5 Å². The molecule has 0 radical (unpaired) electrons. The van der Waals surface area contributed by atoms with Gasteiger partial charge < -0.3 is 10.1 Å². The lowest BCUT2D eigenvalue weighted by atomic mass is 10.1. The molecule has 102 valence electrons. The van der Waals surface area contributed by atoms with Crippen LogP contribution in [0.3, 0.4) is 0 Å². The van der Waals surface area contributed by atoms with Crippen molar-refractivity contribution in [2.45, 2.75) is 13.2 Å². The van der Waals surface area contributed by atoms with Crippen molar-refractivity contribution in [3.05, 3.63) is 65.5 Å². The molecule has 0 fully saturated rings. The molecule has 2 aromatic rings. The zero-order valence-corrected chi connectivity index (χ0v) is 11.1. The lowest BCUT2D eigenvalue weighted by molar-refractivity contribution is 0.0829. The van der Waals surface area contributed by atoms with Crippen LogP contribution in [-0.4, -0.2) is 6.61 Å². The van der Waals surface area contributed by atoms with E-state index in [-0.39, 0.29) is 11.8 Å². The van der Waals surface area contributed by atoms with E-state index in [1.54, 1.807) is 6.07 Å². The molecule has 0 heterocycles. The van der Waals surface area contributed by atoms with Crippen molar-refractivity contribution in [3.8, 4) is 6.07 Å². The minimum atomic E-state index is -0.449. The number of nitriles is 1. The summed E-state index contributed by atoms with van der Waals surface area (Å²) in [4.78, 5) is 0. The highest BCUT2D eigenvalue weighted by atomic mass is 19.1. The van der Waals surface area contributed by atoms with Gasteiger partial charge >= 0.3 is 0 Å². The normalized spacial score (nSPS) is 11.7. The molecule has 20 heavy (non-hydrogen) atoms. The second-order valence-electron chi connectivity index (χ2n) is 4.23. The number of rotatable bonds is 5. The Bertz CT molecular complexity index is 608. The van der Waals surface area contributed by atoms with Gasteiger partial charge in [-0.1, -0.05) is 30.3 Å². The van der Waals surface area contributed by atoms with E-state index in [0.717, 1.165) is 5.56 Å². The molecule has 2 aromatic carbocycles. The van der Waals surface area contributed by atoms with Crippen LogP contribution in [-0.2, 0) is 4.74 Å². The third-order valence-corrected chi connectivity index (χ3v) is 2.76. The first kappa shape index (κ1) is 14.0. The van der Waals surface area contributed by atoms with Gasteiger partial charge in [-0.2, -0.15) is 5.26 Å². The Morgan fingerprint density at radius 2 is 2.00 bits per heavy atom. The zero-order chi connectivity index (χ0) is 14.4. The molecule has 1 unspecified atom stereocenters. The molecular formula is C16H15FN2O. The smallest absolute Gasteiger partial charge is 0.153 e. The Kier molecular flexibility index (Phi) is 4.70. The van der Waals surface area contributed by atoms with Crippen molar-refractivity contribution >= 4 is 5.69 Å². The third-order valence-electron chi connectivity index (χ3n) is 2.76. The molecule has 2 rings (SSSR count). The van der Waals surface area contributed by atoms with Gasteiger partial charge in [-0.15, -0.1) is 0 Å². The van der Waals surface area contributed by atoms with Crippen LogP contribution in [0.5, 0.6) is 0 Å². The summed E-state index contributed by atoms with van der Waals surface area (Å²) in [7, 11) is 0. The van der Waals surface area contributed by atoms with Crippen LogP contribution >= 0.6 is 0 Å². The average molecular weight is 270 g/mol. The van der Waals surface area contributed by atoms with E-state index in [1.165, 1.54) is 12.1 Å². The predicted octanol–water partition coefficient (Wildman–Crippen LogP) is 3.84. The van der Waals surface area contributed by atoms with Crippen molar-refractivity contribution in [2.24, 2.45) is 0 Å². The number of nitrogens with one attached hydrogen (secondary N) is 1. The molecule has 0 aliphatic rings. The third kappa shape index (κ3) is 3.56. The number of halogens is 1. The second-order valence-corrected chi connectivity index (χ2v) is 4.23. The summed E-state index contributed by atoms with van der Waals surface area (Å²) in [5.74, 6) is -0.449. The highest BCUT2D eigenvalue weighted by Crippen LogP contribution is 2.22. The standard InChI is InChI=1S/C16H15FN2O/c1-2-20-16(13-6-4-3-5-7-13)19-15-9-12(11-18)8-14(17)10-15/h3-10,16,19H,2H2,1H3. The number of benzene rings is 2. The lowest BCUT2D eigenvalue weighted by Crippen LogP contribution is -2.14. The van der Waals surface area contributed by atoms with Crippen molar-refractivity contribution in [3.63, 3.8) is 0 Å². The Morgan fingerprint density at radius 1 is 1.25 bits per heavy atom. The Balaban J connectivity index is 2.25. The monoisotopic (exact) mass is 270 g/mol. The minimum Gasteiger partial charge on any atom is -0.356 e. The fourth-order valence-electron chi connectivity index (χ4n) is 1.90. The van der Waals surface area contributed by atoms with Crippen LogP contribution in [0.1, 0.15) is 24.3 Å². The lowest BCUT2D eigenvalue weighted by Gasteiger charge is -2.20. The van der Waals surface area contributed by atoms with Gasteiger partial charge in [0.15, 0.2) is 6.23 Å². The van der Waals surface area contributed by atoms with E-state index in [4.69, 9.17) is 10.00 Å². The second kappa shape index (κ2) is 6.69. The maximum Gasteiger partial charge on any atom is 0.153 e. The molecule has 0 aliphatic carbocycles. The fourth-order valence-corrected chi connectivity index (χ4v) is 1.90. The van der Waals surface area contributed by atoms with E-state index in [0.29, 0.717) is 12.3 Å². The summed E-state index contributed by atoms with van der Waals surface area (Å²) in [6.07, 6.45) is -0.380. The van der Waals surface area contributed by atoms with E-state index >= 15 is 0 Å². The topological polar surface area (TPSA) is 45.0 Å². The van der Waals surface area contributed by atoms with Crippen LogP contribution in [0.2, 0.25) is 0 Å². The van der Waals surface area contributed by atoms with Crippen molar-refractivity contribution in [1.29, 1.82) is 5.26 Å². The van der Waals surface area contributed by atoms with Crippen molar-refractivity contribution < 1.29 is 9.13 Å². The fraction of sp³-hybridized carbons (Fsp3) is 0.188. The molecule has 3 nitrogen and oxygen atoms in total. The number of nitrogens with zero attached hydrogens (tertiary/aromatic N) is 1. The predicted molar refractivity (Wildman–Crippen MR) is 75.5 cm³/mol. The van der Waals surface area contributed by atoms with E-state index in [2.05, 4.69) is 5.32 Å². The van der Waals surface area contributed by atoms with Gasteiger partial charge in [-0.25, -0.2) is 4.39 Å². The number of ether oxygens (including phenoxy) is 1. The van der Waals surface area contributed by atoms with Crippen LogP contribution < -0.4 is 5.32 Å². The summed E-state index contributed by atoms with van der Waals surface area (Å²) in [5.41, 5.74) is 1.73. The molecule has 0 amide bonds. The maximum atomic E-state index is 13.4. The number of hydrogen-bond acceptors (Lipinski definition) is 3. The summed E-state index contributed by atoms with van der Waals surface area (Å²) in [6, 6.07) is 15.7. The molecule has 4 heteroatoms. The van der Waals surface area contributed by atoms with Crippen LogP contribution in [0.25, 0.3) is 0 Å². The highest BCUT2D eigenvalue weighted by molar-refractivity contribution is 5.50. The van der Waals surface area contributed by atoms with Crippen LogP contribution in [0.4, 0.5) is 10.1 Å². The molecule has 0 bridgehead atoms. The van der Waals surface area contributed by atoms with Crippen molar-refractivity contribution in [2.75, 3.05) is 11.9 Å². The van der Waals surface area contributed by atoms with Gasteiger partial charge in [-0.3, -0.25) is 0 Å². The largest absolute Gasteiger partial charge is 0.356 e. The number of hydrogen-bond donors (Lipinski definition) is 1. The Morgan fingerprint density at radius 3 is 2.65 bits per heavy atom. The first-order valence-corrected chi connectivity index (χ1v) is 6.36. The van der Waals surface area contributed by atoms with Crippen LogP contribution in [0, 0.1) is 17.1 Å². The number of anilines is 1. The summed E-state index contributed by atoms with van der Waals surface area (Å²) < 4.78 is 19.1. The molecule has 0 spiro atoms. The van der Waals surface area contributed by atoms with Gasteiger partial charge in [0, 0.05) is 17.9 Å². The Labute approximate surface area is 117 Å². The molecule has 0 saturated heterocycles. The van der Waals surface area contributed by atoms with Gasteiger partial charge in [0.1, 0.15) is 5.82 Å². The molecule has 0 aliphatic heterocycles. The quantitative estimate of drug-likeness (QED) is 0.839. The summed E-state index contributed by atoms with van der Waals surface area (Å²) in [6.45, 7) is 2.41. The van der Waals surface area contributed by atoms with Crippen molar-refractivity contribution in [1.82, 2.24) is 0 Å². The minimum absolute atomic E-state index is 0.274. The van der Waals surface area contributed by atoms with E-state index in [1.807, 2.05) is 43.3 Å². The summed E-state index contributed by atoms with van der Waals surface area (Å²) >= 11 is 0. The first-order valence-electron chi connectivity index (χ1n) is 6.36. The molecule has 1 atom stereocenters. The average Bonchev–Trinajstić information content (AvgIpc) is 2.47. The molecule has 1 N–H and O–H groups in total. The zero-order valence-electron chi connectivity index (χ0n) is 11.1. The van der Waals surface area contributed by atoms with E-state index in [9.17, 15) is 4.39 Å². The van der Waals surface area contributed by atoms with E-state index < -0.39 is 5.82 Å². The first-order chi connectivity index (χ1) is 9.72. The highest BCUT2D eigenvalue weighted by Gasteiger charge is 2.11. The van der Waals surface area contributed by atoms with Gasteiger partial charge in [-0.05, 0) is 25.1 Å². The molecular weight excluding hydrogens is 255 g/mol.